The van der Waals surface area contributed by atoms with Gasteiger partial charge < -0.3 is 10.3 Å². The third-order valence-corrected chi connectivity index (χ3v) is 3.59. The highest BCUT2D eigenvalue weighted by Gasteiger charge is 2.08. The lowest BCUT2D eigenvalue weighted by atomic mass is 10.1. The van der Waals surface area contributed by atoms with E-state index in [-0.39, 0.29) is 0 Å². The lowest BCUT2D eigenvalue weighted by Crippen LogP contribution is -2.08. The van der Waals surface area contributed by atoms with Crippen LogP contribution in [-0.4, -0.2) is 11.1 Å². The second-order valence-electron chi connectivity index (χ2n) is 4.40. The van der Waals surface area contributed by atoms with Gasteiger partial charge in [0.25, 0.3) is 0 Å². The van der Waals surface area contributed by atoms with Crippen molar-refractivity contribution < 1.29 is 0 Å². The van der Waals surface area contributed by atoms with Crippen molar-refractivity contribution >= 4 is 26.8 Å². The average molecular weight is 295 g/mol. The molecule has 3 heteroatoms. The molecule has 1 aromatic carbocycles. The lowest BCUT2D eigenvalue weighted by Gasteiger charge is -2.02. The van der Waals surface area contributed by atoms with Gasteiger partial charge in [-0.1, -0.05) is 29.3 Å². The molecular formula is C14H19BrN2. The fourth-order valence-corrected chi connectivity index (χ4v) is 2.59. The van der Waals surface area contributed by atoms with Crippen molar-refractivity contribution in [3.63, 3.8) is 0 Å². The lowest BCUT2D eigenvalue weighted by molar-refractivity contribution is 0.726. The summed E-state index contributed by atoms with van der Waals surface area (Å²) in [5, 5.41) is 1.36. The first-order valence-electron chi connectivity index (χ1n) is 6.23. The van der Waals surface area contributed by atoms with Gasteiger partial charge in [0.1, 0.15) is 0 Å². The highest BCUT2D eigenvalue weighted by molar-refractivity contribution is 9.10. The number of rotatable bonds is 5. The van der Waals surface area contributed by atoms with Crippen LogP contribution in [0.2, 0.25) is 0 Å². The molecule has 2 aromatic rings. The van der Waals surface area contributed by atoms with Crippen molar-refractivity contribution in [3.05, 3.63) is 34.4 Å². The second-order valence-corrected chi connectivity index (χ2v) is 5.32. The van der Waals surface area contributed by atoms with Gasteiger partial charge in [0.05, 0.1) is 0 Å². The summed E-state index contributed by atoms with van der Waals surface area (Å²) in [5.41, 5.74) is 8.40. The van der Waals surface area contributed by atoms with Crippen molar-refractivity contribution in [1.82, 2.24) is 4.57 Å². The van der Waals surface area contributed by atoms with Crippen LogP contribution in [0.5, 0.6) is 0 Å². The summed E-state index contributed by atoms with van der Waals surface area (Å²) in [6.45, 7) is 3.81. The minimum atomic E-state index is 0.688. The van der Waals surface area contributed by atoms with Gasteiger partial charge in [-0.25, -0.2) is 0 Å². The minimum absolute atomic E-state index is 0.688. The Labute approximate surface area is 111 Å². The van der Waals surface area contributed by atoms with E-state index < -0.39 is 0 Å². The van der Waals surface area contributed by atoms with E-state index in [4.69, 9.17) is 5.73 Å². The maximum Gasteiger partial charge on any atom is 0.0484 e. The predicted octanol–water partition coefficient (Wildman–Crippen LogP) is 3.71. The van der Waals surface area contributed by atoms with Gasteiger partial charge in [0.15, 0.2) is 0 Å². The Hall–Kier alpha value is -0.800. The van der Waals surface area contributed by atoms with Crippen LogP contribution in [0.15, 0.2) is 28.9 Å². The Morgan fingerprint density at radius 3 is 2.88 bits per heavy atom. The van der Waals surface area contributed by atoms with Gasteiger partial charge in [-0.05, 0) is 36.6 Å². The molecule has 92 valence electrons. The van der Waals surface area contributed by atoms with E-state index in [0.717, 1.165) is 17.4 Å². The smallest absolute Gasteiger partial charge is 0.0484 e. The summed E-state index contributed by atoms with van der Waals surface area (Å²) in [5.74, 6) is 0. The molecule has 0 radical (unpaired) electrons. The van der Waals surface area contributed by atoms with E-state index in [0.29, 0.717) is 6.54 Å². The maximum atomic E-state index is 5.66. The summed E-state index contributed by atoms with van der Waals surface area (Å²) < 4.78 is 3.42. The molecule has 0 unspecified atom stereocenters. The molecule has 0 saturated carbocycles. The fourth-order valence-electron chi connectivity index (χ4n) is 2.23. The Morgan fingerprint density at radius 1 is 1.35 bits per heavy atom. The van der Waals surface area contributed by atoms with E-state index in [9.17, 15) is 0 Å². The van der Waals surface area contributed by atoms with Gasteiger partial charge in [-0.3, -0.25) is 0 Å². The molecule has 0 amide bonds. The molecule has 0 spiro atoms. The first kappa shape index (κ1) is 12.7. The number of aryl methyl sites for hydroxylation is 1. The molecule has 0 bridgehead atoms. The Morgan fingerprint density at radius 2 is 2.18 bits per heavy atom. The molecular weight excluding hydrogens is 276 g/mol. The molecule has 0 saturated heterocycles. The van der Waals surface area contributed by atoms with Crippen LogP contribution in [-0.2, 0) is 13.0 Å². The fraction of sp³-hybridized carbons (Fsp3) is 0.429. The molecule has 0 aliphatic heterocycles. The predicted molar refractivity (Wildman–Crippen MR) is 77.3 cm³/mol. The van der Waals surface area contributed by atoms with E-state index in [1.54, 1.807) is 0 Å². The van der Waals surface area contributed by atoms with E-state index in [2.05, 4.69) is 51.8 Å². The van der Waals surface area contributed by atoms with Crippen molar-refractivity contribution in [2.24, 2.45) is 5.73 Å². The van der Waals surface area contributed by atoms with Gasteiger partial charge in [-0.15, -0.1) is 0 Å². The highest BCUT2D eigenvalue weighted by Crippen LogP contribution is 2.26. The number of hydrogen-bond donors (Lipinski definition) is 1. The number of benzene rings is 1. The zero-order valence-corrected chi connectivity index (χ0v) is 11.8. The standard InChI is InChI=1S/C14H19BrN2/c1-2-3-4-11-10-17(8-7-16)14-6-5-12(15)9-13(11)14/h5-6,9-10H,2-4,7-8,16H2,1H3. The quantitative estimate of drug-likeness (QED) is 0.895. The monoisotopic (exact) mass is 294 g/mol. The molecule has 0 aliphatic rings. The van der Waals surface area contributed by atoms with Gasteiger partial charge in [0.2, 0.25) is 0 Å². The van der Waals surface area contributed by atoms with E-state index in [1.165, 1.54) is 29.3 Å². The summed E-state index contributed by atoms with van der Waals surface area (Å²) in [4.78, 5) is 0. The second kappa shape index (κ2) is 5.69. The largest absolute Gasteiger partial charge is 0.346 e. The molecule has 2 N–H and O–H groups in total. The number of aromatic nitrogens is 1. The first-order chi connectivity index (χ1) is 8.26. The molecule has 0 aliphatic carbocycles. The van der Waals surface area contributed by atoms with Crippen molar-refractivity contribution in [2.45, 2.75) is 32.7 Å². The summed E-state index contributed by atoms with van der Waals surface area (Å²) in [7, 11) is 0. The van der Waals surface area contributed by atoms with Gasteiger partial charge in [-0.2, -0.15) is 0 Å². The Bertz CT molecular complexity index is 502. The average Bonchev–Trinajstić information content (AvgIpc) is 2.65. The summed E-state index contributed by atoms with van der Waals surface area (Å²) >= 11 is 3.55. The zero-order valence-electron chi connectivity index (χ0n) is 10.2. The van der Waals surface area contributed by atoms with Crippen LogP contribution >= 0.6 is 15.9 Å². The van der Waals surface area contributed by atoms with E-state index in [1.807, 2.05) is 0 Å². The van der Waals surface area contributed by atoms with Crippen molar-refractivity contribution in [3.8, 4) is 0 Å². The van der Waals surface area contributed by atoms with Crippen molar-refractivity contribution in [1.29, 1.82) is 0 Å². The molecule has 2 nitrogen and oxygen atoms in total. The number of nitrogens with two attached hydrogens (primary N) is 1. The van der Waals surface area contributed by atoms with Crippen LogP contribution in [0.25, 0.3) is 10.9 Å². The highest BCUT2D eigenvalue weighted by atomic mass is 79.9. The maximum absolute atomic E-state index is 5.66. The Kier molecular flexibility index (Phi) is 4.24. The molecule has 17 heavy (non-hydrogen) atoms. The van der Waals surface area contributed by atoms with Gasteiger partial charge in [0, 0.05) is 34.7 Å². The minimum Gasteiger partial charge on any atom is -0.346 e. The van der Waals surface area contributed by atoms with Gasteiger partial charge >= 0.3 is 0 Å². The normalized spacial score (nSPS) is 11.2. The third-order valence-electron chi connectivity index (χ3n) is 3.10. The van der Waals surface area contributed by atoms with E-state index >= 15 is 0 Å². The number of unbranched alkanes of at least 4 members (excludes halogenated alkanes) is 1. The van der Waals surface area contributed by atoms with Crippen LogP contribution in [0.3, 0.4) is 0 Å². The van der Waals surface area contributed by atoms with Crippen LogP contribution in [0.1, 0.15) is 25.3 Å². The molecule has 2 rings (SSSR count). The molecule has 0 fully saturated rings. The zero-order chi connectivity index (χ0) is 12.3. The third kappa shape index (κ3) is 2.72. The number of nitrogens with zero attached hydrogens (tertiary/aromatic N) is 1. The topological polar surface area (TPSA) is 30.9 Å². The first-order valence-corrected chi connectivity index (χ1v) is 7.03. The number of hydrogen-bond acceptors (Lipinski definition) is 1. The number of fused-ring (bicyclic) bond motifs is 1. The van der Waals surface area contributed by atoms with Crippen LogP contribution in [0, 0.1) is 0 Å². The Balaban J connectivity index is 2.46. The van der Waals surface area contributed by atoms with Crippen molar-refractivity contribution in [2.75, 3.05) is 6.54 Å². The molecule has 1 aromatic heterocycles. The summed E-state index contributed by atoms with van der Waals surface area (Å²) in [6.07, 6.45) is 5.90. The molecule has 1 heterocycles. The SMILES string of the molecule is CCCCc1cn(CCN)c2ccc(Br)cc12. The van der Waals surface area contributed by atoms with Crippen LogP contribution in [0.4, 0.5) is 0 Å². The molecule has 0 atom stereocenters. The summed E-state index contributed by atoms with van der Waals surface area (Å²) in [6, 6.07) is 6.48. The number of halogens is 1. The van der Waals surface area contributed by atoms with Crippen LogP contribution < -0.4 is 5.73 Å².